The van der Waals surface area contributed by atoms with E-state index in [1.165, 1.54) is 19.3 Å². The average Bonchev–Trinajstić information content (AvgIpc) is 2.69. The zero-order chi connectivity index (χ0) is 11.4. The summed E-state index contributed by atoms with van der Waals surface area (Å²) >= 11 is 0. The highest BCUT2D eigenvalue weighted by Crippen LogP contribution is 2.13. The van der Waals surface area contributed by atoms with Gasteiger partial charge in [-0.3, -0.25) is 0 Å². The van der Waals surface area contributed by atoms with Gasteiger partial charge >= 0.3 is 6.03 Å². The van der Waals surface area contributed by atoms with Crippen LogP contribution in [0.3, 0.4) is 0 Å². The Bertz CT molecular complexity index is 238. The van der Waals surface area contributed by atoms with Crippen LogP contribution in [0, 0.1) is 0 Å². The SMILES string of the molecule is CCC1CN(CCC2CCCCN2)C(=O)N1. The average molecular weight is 225 g/mol. The molecule has 2 saturated heterocycles. The quantitative estimate of drug-likeness (QED) is 0.758. The third-order valence-electron chi connectivity index (χ3n) is 3.71. The highest BCUT2D eigenvalue weighted by atomic mass is 16.2. The van der Waals surface area contributed by atoms with Crippen molar-refractivity contribution in [2.45, 2.75) is 51.1 Å². The molecule has 2 rings (SSSR count). The summed E-state index contributed by atoms with van der Waals surface area (Å²) in [6.45, 7) is 5.06. The van der Waals surface area contributed by atoms with Crippen molar-refractivity contribution in [3.8, 4) is 0 Å². The first-order valence-electron chi connectivity index (χ1n) is 6.58. The highest BCUT2D eigenvalue weighted by molar-refractivity contribution is 5.76. The number of piperidine rings is 1. The number of hydrogen-bond acceptors (Lipinski definition) is 2. The third kappa shape index (κ3) is 2.88. The summed E-state index contributed by atoms with van der Waals surface area (Å²) in [6, 6.07) is 1.12. The molecule has 2 N–H and O–H groups in total. The fourth-order valence-electron chi connectivity index (χ4n) is 2.57. The zero-order valence-corrected chi connectivity index (χ0v) is 10.2. The Morgan fingerprint density at radius 3 is 2.88 bits per heavy atom. The van der Waals surface area contributed by atoms with Gasteiger partial charge in [0.25, 0.3) is 0 Å². The molecule has 16 heavy (non-hydrogen) atoms. The zero-order valence-electron chi connectivity index (χ0n) is 10.2. The molecule has 2 heterocycles. The van der Waals surface area contributed by atoms with Crippen LogP contribution >= 0.6 is 0 Å². The maximum Gasteiger partial charge on any atom is 0.317 e. The molecule has 0 aromatic heterocycles. The normalized spacial score (nSPS) is 30.6. The van der Waals surface area contributed by atoms with Gasteiger partial charge in [0.2, 0.25) is 0 Å². The van der Waals surface area contributed by atoms with Gasteiger partial charge in [0, 0.05) is 25.2 Å². The van der Waals surface area contributed by atoms with E-state index in [1.54, 1.807) is 0 Å². The summed E-state index contributed by atoms with van der Waals surface area (Å²) in [5.74, 6) is 0. The van der Waals surface area contributed by atoms with Crippen molar-refractivity contribution in [3.05, 3.63) is 0 Å². The maximum absolute atomic E-state index is 11.6. The van der Waals surface area contributed by atoms with Gasteiger partial charge in [0.15, 0.2) is 0 Å². The van der Waals surface area contributed by atoms with E-state index in [1.807, 2.05) is 4.90 Å². The Hall–Kier alpha value is -0.770. The first kappa shape index (κ1) is 11.7. The van der Waals surface area contributed by atoms with Gasteiger partial charge in [-0.15, -0.1) is 0 Å². The maximum atomic E-state index is 11.6. The van der Waals surface area contributed by atoms with E-state index in [2.05, 4.69) is 17.6 Å². The predicted molar refractivity (Wildman–Crippen MR) is 64.4 cm³/mol. The van der Waals surface area contributed by atoms with Crippen LogP contribution in [-0.2, 0) is 0 Å². The number of amides is 2. The Kier molecular flexibility index (Phi) is 4.04. The van der Waals surface area contributed by atoms with E-state index in [9.17, 15) is 4.79 Å². The summed E-state index contributed by atoms with van der Waals surface area (Å²) in [7, 11) is 0. The largest absolute Gasteiger partial charge is 0.333 e. The molecular weight excluding hydrogens is 202 g/mol. The summed E-state index contributed by atoms with van der Waals surface area (Å²) in [6.07, 6.45) is 6.04. The van der Waals surface area contributed by atoms with Crippen LogP contribution < -0.4 is 10.6 Å². The topological polar surface area (TPSA) is 44.4 Å². The number of urea groups is 1. The summed E-state index contributed by atoms with van der Waals surface area (Å²) < 4.78 is 0. The van der Waals surface area contributed by atoms with Gasteiger partial charge in [0.05, 0.1) is 0 Å². The molecule has 2 atom stereocenters. The Labute approximate surface area is 97.8 Å². The molecule has 0 aromatic rings. The van der Waals surface area contributed by atoms with Crippen molar-refractivity contribution in [2.75, 3.05) is 19.6 Å². The lowest BCUT2D eigenvalue weighted by Gasteiger charge is -2.25. The Morgan fingerprint density at radius 1 is 1.38 bits per heavy atom. The lowest BCUT2D eigenvalue weighted by Crippen LogP contribution is -2.38. The highest BCUT2D eigenvalue weighted by Gasteiger charge is 2.27. The van der Waals surface area contributed by atoms with Gasteiger partial charge in [-0.05, 0) is 32.2 Å². The van der Waals surface area contributed by atoms with Crippen LogP contribution in [0.25, 0.3) is 0 Å². The van der Waals surface area contributed by atoms with Gasteiger partial charge in [-0.25, -0.2) is 4.79 Å². The molecule has 2 aliphatic rings. The van der Waals surface area contributed by atoms with E-state index in [0.29, 0.717) is 12.1 Å². The van der Waals surface area contributed by atoms with E-state index in [0.717, 1.165) is 32.5 Å². The van der Waals surface area contributed by atoms with Gasteiger partial charge < -0.3 is 15.5 Å². The monoisotopic (exact) mass is 225 g/mol. The molecule has 4 nitrogen and oxygen atoms in total. The molecule has 2 amide bonds. The number of rotatable bonds is 4. The minimum atomic E-state index is 0.127. The van der Waals surface area contributed by atoms with Crippen LogP contribution in [0.15, 0.2) is 0 Å². The lowest BCUT2D eigenvalue weighted by molar-refractivity contribution is 0.213. The molecule has 92 valence electrons. The first-order chi connectivity index (χ1) is 7.79. The molecule has 2 fully saturated rings. The van der Waals surface area contributed by atoms with Crippen LogP contribution in [0.5, 0.6) is 0 Å². The molecule has 2 aliphatic heterocycles. The Balaban J connectivity index is 1.71. The minimum Gasteiger partial charge on any atom is -0.333 e. The lowest BCUT2D eigenvalue weighted by atomic mass is 10.0. The molecule has 0 bridgehead atoms. The van der Waals surface area contributed by atoms with Crippen LogP contribution in [0.4, 0.5) is 4.79 Å². The number of hydrogen-bond donors (Lipinski definition) is 2. The van der Waals surface area contributed by atoms with E-state index in [-0.39, 0.29) is 6.03 Å². The molecule has 0 saturated carbocycles. The van der Waals surface area contributed by atoms with Crippen molar-refractivity contribution in [1.82, 2.24) is 15.5 Å². The molecule has 4 heteroatoms. The molecule has 0 radical (unpaired) electrons. The van der Waals surface area contributed by atoms with Crippen LogP contribution in [-0.4, -0.2) is 42.6 Å². The van der Waals surface area contributed by atoms with Crippen molar-refractivity contribution in [1.29, 1.82) is 0 Å². The second-order valence-corrected chi connectivity index (χ2v) is 4.94. The smallest absolute Gasteiger partial charge is 0.317 e. The van der Waals surface area contributed by atoms with Crippen molar-refractivity contribution in [2.24, 2.45) is 0 Å². The van der Waals surface area contributed by atoms with Crippen LogP contribution in [0.1, 0.15) is 39.0 Å². The summed E-state index contributed by atoms with van der Waals surface area (Å²) in [5.41, 5.74) is 0. The van der Waals surface area contributed by atoms with Gasteiger partial charge in [-0.1, -0.05) is 13.3 Å². The Morgan fingerprint density at radius 2 is 2.25 bits per heavy atom. The number of carbonyl (C=O) groups is 1. The van der Waals surface area contributed by atoms with E-state index in [4.69, 9.17) is 0 Å². The number of nitrogens with one attached hydrogen (secondary N) is 2. The van der Waals surface area contributed by atoms with Crippen LogP contribution in [0.2, 0.25) is 0 Å². The first-order valence-corrected chi connectivity index (χ1v) is 6.58. The molecular formula is C12H23N3O. The molecule has 2 unspecified atom stereocenters. The van der Waals surface area contributed by atoms with Crippen molar-refractivity contribution >= 4 is 6.03 Å². The fraction of sp³-hybridized carbons (Fsp3) is 0.917. The predicted octanol–water partition coefficient (Wildman–Crippen LogP) is 1.32. The van der Waals surface area contributed by atoms with Gasteiger partial charge in [0.1, 0.15) is 0 Å². The van der Waals surface area contributed by atoms with E-state index < -0.39 is 0 Å². The summed E-state index contributed by atoms with van der Waals surface area (Å²) in [5, 5.41) is 6.53. The molecule has 0 aromatic carbocycles. The van der Waals surface area contributed by atoms with Gasteiger partial charge in [-0.2, -0.15) is 0 Å². The minimum absolute atomic E-state index is 0.127. The molecule has 0 aliphatic carbocycles. The standard InChI is InChI=1S/C12H23N3O/c1-2-10-9-15(12(16)14-10)8-6-11-5-3-4-7-13-11/h10-11,13H,2-9H2,1H3,(H,14,16). The fourth-order valence-corrected chi connectivity index (χ4v) is 2.57. The molecule has 0 spiro atoms. The number of carbonyl (C=O) groups excluding carboxylic acids is 1. The second kappa shape index (κ2) is 5.53. The third-order valence-corrected chi connectivity index (χ3v) is 3.71. The van der Waals surface area contributed by atoms with E-state index >= 15 is 0 Å². The van der Waals surface area contributed by atoms with Crippen molar-refractivity contribution in [3.63, 3.8) is 0 Å². The van der Waals surface area contributed by atoms with Crippen molar-refractivity contribution < 1.29 is 4.79 Å². The summed E-state index contributed by atoms with van der Waals surface area (Å²) in [4.78, 5) is 13.6. The second-order valence-electron chi connectivity index (χ2n) is 4.94. The number of nitrogens with zero attached hydrogens (tertiary/aromatic N) is 1.